The van der Waals surface area contributed by atoms with Crippen molar-refractivity contribution in [3.8, 4) is 0 Å². The second kappa shape index (κ2) is 9.16. The van der Waals surface area contributed by atoms with Gasteiger partial charge in [-0.2, -0.15) is 36.9 Å². The molecule has 0 aliphatic heterocycles. The summed E-state index contributed by atoms with van der Waals surface area (Å²) < 4.78 is 73.8. The van der Waals surface area contributed by atoms with Gasteiger partial charge in [-0.25, -0.2) is 0 Å². The van der Waals surface area contributed by atoms with Crippen molar-refractivity contribution in [1.82, 2.24) is 15.0 Å². The van der Waals surface area contributed by atoms with Gasteiger partial charge in [-0.05, 0) is 0 Å². The first-order chi connectivity index (χ1) is 12.1. The number of aliphatic hydroxyl groups is 2. The summed E-state index contributed by atoms with van der Waals surface area (Å²) >= 11 is 0. The zero-order valence-electron chi connectivity index (χ0n) is 13.9. The van der Waals surface area contributed by atoms with Crippen LogP contribution >= 0.6 is 0 Å². The highest BCUT2D eigenvalue weighted by Crippen LogP contribution is 2.37. The monoisotopic (exact) mass is 391 g/mol. The quantitative estimate of drug-likeness (QED) is 0.431. The summed E-state index contributed by atoms with van der Waals surface area (Å²) in [5, 5.41) is 18.3. The zero-order valence-corrected chi connectivity index (χ0v) is 13.9. The number of anilines is 2. The van der Waals surface area contributed by atoms with Gasteiger partial charge in [0.1, 0.15) is 32.7 Å². The van der Waals surface area contributed by atoms with E-state index in [1.807, 2.05) is 0 Å². The van der Waals surface area contributed by atoms with Gasteiger partial charge in [-0.1, -0.05) is 0 Å². The molecule has 0 saturated heterocycles. The van der Waals surface area contributed by atoms with E-state index in [1.54, 1.807) is 0 Å². The predicted molar refractivity (Wildman–Crippen MR) is 77.4 cm³/mol. The van der Waals surface area contributed by atoms with Crippen molar-refractivity contribution in [3.05, 3.63) is 5.82 Å². The summed E-state index contributed by atoms with van der Waals surface area (Å²) in [5.74, 6) is -6.81. The number of halogens is 5. The maximum Gasteiger partial charge on any atom is 0.453 e. The van der Waals surface area contributed by atoms with Crippen molar-refractivity contribution in [2.45, 2.75) is 18.5 Å². The van der Waals surface area contributed by atoms with Crippen LogP contribution < -0.4 is 9.80 Å². The molecular weight excluding hydrogens is 373 g/mol. The number of hydrogen-bond acceptors (Lipinski definition) is 9. The molecule has 0 fully saturated rings. The summed E-state index contributed by atoms with van der Waals surface area (Å²) in [6.45, 7) is -1.98. The average molecular weight is 391 g/mol. The van der Waals surface area contributed by atoms with E-state index in [2.05, 4.69) is 15.0 Å². The van der Waals surface area contributed by atoms with Crippen molar-refractivity contribution >= 4 is 11.9 Å². The van der Waals surface area contributed by atoms with Crippen molar-refractivity contribution in [1.29, 1.82) is 0 Å². The van der Waals surface area contributed by atoms with Gasteiger partial charge in [0, 0.05) is 14.2 Å². The van der Waals surface area contributed by atoms with Crippen LogP contribution in [-0.2, 0) is 15.9 Å². The van der Waals surface area contributed by atoms with Crippen LogP contribution in [0.2, 0.25) is 0 Å². The van der Waals surface area contributed by atoms with E-state index in [9.17, 15) is 22.0 Å². The molecule has 1 rings (SSSR count). The van der Waals surface area contributed by atoms with Gasteiger partial charge in [0.2, 0.25) is 11.9 Å². The fourth-order valence-corrected chi connectivity index (χ4v) is 1.69. The molecule has 0 saturated carbocycles. The molecule has 0 unspecified atom stereocenters. The van der Waals surface area contributed by atoms with Gasteiger partial charge < -0.3 is 19.7 Å². The number of rotatable bonds is 10. The average Bonchev–Trinajstić information content (AvgIpc) is 2.54. The standard InChI is InChI=1S/C12H18F5N5O4/c1-25-6-22(7-26-2)10-19-8(3-11(13,14)12(15,16)17)18-9(20-10)21(4-23)5-24/h23-24H,3-7H2,1-2H3. The fourth-order valence-electron chi connectivity index (χ4n) is 1.69. The molecule has 0 atom stereocenters. The number of ether oxygens (including phenoxy) is 2. The number of aromatic nitrogens is 3. The Kier molecular flexibility index (Phi) is 7.80. The Morgan fingerprint density at radius 3 is 1.69 bits per heavy atom. The van der Waals surface area contributed by atoms with E-state index in [1.165, 1.54) is 19.1 Å². The maximum atomic E-state index is 13.3. The van der Waals surface area contributed by atoms with Gasteiger partial charge in [0.05, 0.1) is 6.42 Å². The number of alkyl halides is 5. The highest BCUT2D eigenvalue weighted by atomic mass is 19.4. The van der Waals surface area contributed by atoms with Gasteiger partial charge in [-0.3, -0.25) is 9.80 Å². The minimum absolute atomic E-state index is 0.176. The van der Waals surface area contributed by atoms with Crippen LogP contribution in [-0.4, -0.2) is 78.4 Å². The van der Waals surface area contributed by atoms with Gasteiger partial charge >= 0.3 is 12.1 Å². The minimum Gasteiger partial charge on any atom is -0.376 e. The predicted octanol–water partition coefficient (Wildman–Crippen LogP) is 0.332. The normalized spacial score (nSPS) is 12.3. The fraction of sp³-hybridized carbons (Fsp3) is 0.750. The molecule has 1 heterocycles. The van der Waals surface area contributed by atoms with Crippen LogP contribution in [0.1, 0.15) is 5.82 Å². The van der Waals surface area contributed by atoms with Crippen LogP contribution in [0.3, 0.4) is 0 Å². The van der Waals surface area contributed by atoms with E-state index in [4.69, 9.17) is 19.7 Å². The number of methoxy groups -OCH3 is 2. The summed E-state index contributed by atoms with van der Waals surface area (Å²) in [7, 11) is 2.61. The lowest BCUT2D eigenvalue weighted by molar-refractivity contribution is -0.281. The highest BCUT2D eigenvalue weighted by molar-refractivity contribution is 5.38. The van der Waals surface area contributed by atoms with E-state index >= 15 is 0 Å². The highest BCUT2D eigenvalue weighted by Gasteiger charge is 2.57. The second-order valence-electron chi connectivity index (χ2n) is 4.93. The first kappa shape index (κ1) is 22.1. The van der Waals surface area contributed by atoms with E-state index in [0.717, 1.165) is 4.90 Å². The summed E-state index contributed by atoms with van der Waals surface area (Å²) in [4.78, 5) is 12.8. The molecule has 0 spiro atoms. The van der Waals surface area contributed by atoms with E-state index < -0.39 is 43.8 Å². The Morgan fingerprint density at radius 1 is 0.846 bits per heavy atom. The van der Waals surface area contributed by atoms with Crippen LogP contribution in [0.25, 0.3) is 0 Å². The maximum absolute atomic E-state index is 13.3. The number of aliphatic hydroxyl groups excluding tert-OH is 2. The van der Waals surface area contributed by atoms with Gasteiger partial charge in [-0.15, -0.1) is 0 Å². The van der Waals surface area contributed by atoms with Crippen LogP contribution in [0.15, 0.2) is 0 Å². The number of nitrogens with zero attached hydrogens (tertiary/aromatic N) is 5. The van der Waals surface area contributed by atoms with E-state index in [-0.39, 0.29) is 19.4 Å². The Balaban J connectivity index is 3.36. The second-order valence-corrected chi connectivity index (χ2v) is 4.93. The molecule has 0 aromatic carbocycles. The lowest BCUT2D eigenvalue weighted by atomic mass is 10.2. The Labute approximate surface area is 145 Å². The van der Waals surface area contributed by atoms with Crippen molar-refractivity contribution < 1.29 is 41.6 Å². The smallest absolute Gasteiger partial charge is 0.376 e. The SMILES string of the molecule is COCN(COC)c1nc(CC(F)(F)C(F)(F)F)nc(N(CO)CO)n1. The topological polar surface area (TPSA) is 104 Å². The first-order valence-corrected chi connectivity index (χ1v) is 6.98. The third kappa shape index (κ3) is 5.55. The molecule has 9 nitrogen and oxygen atoms in total. The summed E-state index contributed by atoms with van der Waals surface area (Å²) in [6.07, 6.45) is -7.65. The van der Waals surface area contributed by atoms with Crippen molar-refractivity contribution in [2.75, 3.05) is 50.9 Å². The van der Waals surface area contributed by atoms with Gasteiger partial charge in [0.15, 0.2) is 0 Å². The molecular formula is C12H18F5N5O4. The third-order valence-corrected chi connectivity index (χ3v) is 2.93. The zero-order chi connectivity index (χ0) is 20.0. The molecule has 2 N–H and O–H groups in total. The Bertz CT molecular complexity index is 567. The Morgan fingerprint density at radius 2 is 1.31 bits per heavy atom. The number of hydrogen-bond donors (Lipinski definition) is 2. The molecule has 0 radical (unpaired) electrons. The van der Waals surface area contributed by atoms with Crippen molar-refractivity contribution in [3.63, 3.8) is 0 Å². The lowest BCUT2D eigenvalue weighted by Gasteiger charge is -2.24. The van der Waals surface area contributed by atoms with Crippen molar-refractivity contribution in [2.24, 2.45) is 0 Å². The lowest BCUT2D eigenvalue weighted by Crippen LogP contribution is -2.39. The van der Waals surface area contributed by atoms with Crippen LogP contribution in [0.5, 0.6) is 0 Å². The van der Waals surface area contributed by atoms with Gasteiger partial charge in [0.25, 0.3) is 0 Å². The molecule has 1 aromatic heterocycles. The molecule has 0 aliphatic rings. The Hall–Kier alpha value is -1.90. The molecule has 150 valence electrons. The van der Waals surface area contributed by atoms with Crippen LogP contribution in [0, 0.1) is 0 Å². The first-order valence-electron chi connectivity index (χ1n) is 6.98. The minimum atomic E-state index is -5.80. The van der Waals surface area contributed by atoms with E-state index in [0.29, 0.717) is 0 Å². The largest absolute Gasteiger partial charge is 0.453 e. The molecule has 0 bridgehead atoms. The van der Waals surface area contributed by atoms with Crippen LogP contribution in [0.4, 0.5) is 33.8 Å². The molecule has 1 aromatic rings. The molecule has 0 aliphatic carbocycles. The summed E-state index contributed by atoms with van der Waals surface area (Å²) in [5.41, 5.74) is 0. The summed E-state index contributed by atoms with van der Waals surface area (Å²) in [6, 6.07) is 0. The third-order valence-electron chi connectivity index (χ3n) is 2.93. The molecule has 14 heteroatoms. The molecule has 26 heavy (non-hydrogen) atoms. The molecule has 0 amide bonds.